The third kappa shape index (κ3) is 4.07. The van der Waals surface area contributed by atoms with E-state index in [1.807, 2.05) is 35.2 Å². The second kappa shape index (κ2) is 8.22. The van der Waals surface area contributed by atoms with Crippen LogP contribution >= 0.6 is 0 Å². The SMILES string of the molecule is N#Cc1c(N)nc(N)nc1-c1ccccc1N1CCN(c2ccc(C(F)(F)F)cn2)CC1. The first-order valence-electron chi connectivity index (χ1n) is 9.73. The molecule has 3 aromatic rings. The van der Waals surface area contributed by atoms with E-state index in [4.69, 9.17) is 11.5 Å². The number of hydrogen-bond acceptors (Lipinski definition) is 8. The number of aromatic nitrogens is 3. The Morgan fingerprint density at radius 3 is 2.25 bits per heavy atom. The molecule has 11 heteroatoms. The van der Waals surface area contributed by atoms with Crippen LogP contribution in [0.25, 0.3) is 11.3 Å². The molecule has 0 radical (unpaired) electrons. The highest BCUT2D eigenvalue weighted by Crippen LogP contribution is 2.34. The molecule has 1 fully saturated rings. The maximum Gasteiger partial charge on any atom is 0.417 e. The first kappa shape index (κ1) is 21.2. The minimum absolute atomic E-state index is 0.0167. The molecule has 1 aliphatic rings. The summed E-state index contributed by atoms with van der Waals surface area (Å²) in [6, 6.07) is 11.9. The molecule has 1 aliphatic heterocycles. The molecule has 4 rings (SSSR count). The van der Waals surface area contributed by atoms with E-state index in [0.29, 0.717) is 43.3 Å². The number of hydrogen-bond donors (Lipinski definition) is 2. The second-order valence-corrected chi connectivity index (χ2v) is 7.20. The zero-order chi connectivity index (χ0) is 22.9. The third-order valence-electron chi connectivity index (χ3n) is 5.24. The Hall–Kier alpha value is -4.07. The Morgan fingerprint density at radius 1 is 0.938 bits per heavy atom. The van der Waals surface area contributed by atoms with Gasteiger partial charge in [-0.25, -0.2) is 9.97 Å². The smallest absolute Gasteiger partial charge is 0.382 e. The maximum absolute atomic E-state index is 12.8. The zero-order valence-corrected chi connectivity index (χ0v) is 16.8. The highest BCUT2D eigenvalue weighted by atomic mass is 19.4. The first-order valence-corrected chi connectivity index (χ1v) is 9.73. The Morgan fingerprint density at radius 2 is 1.62 bits per heavy atom. The number of nitrogens with two attached hydrogens (primary N) is 2. The molecule has 0 spiro atoms. The van der Waals surface area contributed by atoms with E-state index < -0.39 is 11.7 Å². The van der Waals surface area contributed by atoms with E-state index in [-0.39, 0.29) is 17.3 Å². The predicted molar refractivity (Wildman–Crippen MR) is 115 cm³/mol. The number of nitrogen functional groups attached to an aromatic ring is 2. The van der Waals surface area contributed by atoms with Crippen LogP contribution in [0.15, 0.2) is 42.6 Å². The highest BCUT2D eigenvalue weighted by Gasteiger charge is 2.31. The summed E-state index contributed by atoms with van der Waals surface area (Å²) < 4.78 is 38.3. The van der Waals surface area contributed by atoms with Crippen molar-refractivity contribution in [3.8, 4) is 17.3 Å². The lowest BCUT2D eigenvalue weighted by atomic mass is 10.0. The molecule has 32 heavy (non-hydrogen) atoms. The summed E-state index contributed by atoms with van der Waals surface area (Å²) >= 11 is 0. The number of halogens is 3. The Bertz CT molecular complexity index is 1160. The highest BCUT2D eigenvalue weighted by molar-refractivity contribution is 5.82. The van der Waals surface area contributed by atoms with Gasteiger partial charge in [0.2, 0.25) is 5.95 Å². The Balaban J connectivity index is 1.57. The second-order valence-electron chi connectivity index (χ2n) is 7.20. The molecule has 164 valence electrons. The van der Waals surface area contributed by atoms with Gasteiger partial charge in [0, 0.05) is 43.6 Å². The molecule has 2 aromatic heterocycles. The van der Waals surface area contributed by atoms with Crippen molar-refractivity contribution in [1.82, 2.24) is 15.0 Å². The molecular formula is C21H19F3N8. The lowest BCUT2D eigenvalue weighted by Crippen LogP contribution is -2.47. The van der Waals surface area contributed by atoms with Crippen molar-refractivity contribution in [3.63, 3.8) is 0 Å². The topological polar surface area (TPSA) is 121 Å². The van der Waals surface area contributed by atoms with E-state index >= 15 is 0 Å². The molecule has 0 unspecified atom stereocenters. The maximum atomic E-state index is 12.8. The average Bonchev–Trinajstić information content (AvgIpc) is 2.78. The van der Waals surface area contributed by atoms with E-state index in [2.05, 4.69) is 19.9 Å². The molecule has 0 atom stereocenters. The predicted octanol–water partition coefficient (Wildman–Crippen LogP) is 2.92. The van der Waals surface area contributed by atoms with Gasteiger partial charge in [0.1, 0.15) is 23.3 Å². The van der Waals surface area contributed by atoms with Crippen molar-refractivity contribution in [2.24, 2.45) is 0 Å². The van der Waals surface area contributed by atoms with Crippen LogP contribution in [0.4, 0.5) is 36.4 Å². The number of nitrogens with zero attached hydrogens (tertiary/aromatic N) is 6. The number of piperazine rings is 1. The van der Waals surface area contributed by atoms with Crippen LogP contribution in [0.5, 0.6) is 0 Å². The largest absolute Gasteiger partial charge is 0.417 e. The van der Waals surface area contributed by atoms with Gasteiger partial charge >= 0.3 is 6.18 Å². The van der Waals surface area contributed by atoms with Crippen molar-refractivity contribution in [2.45, 2.75) is 6.18 Å². The van der Waals surface area contributed by atoms with Crippen molar-refractivity contribution >= 4 is 23.3 Å². The standard InChI is InChI=1S/C21H19F3N8/c22-21(23,24)13-5-6-17(28-12-13)32-9-7-31(8-10-32)16-4-2-1-3-14(16)18-15(11-25)19(26)30-20(27)29-18/h1-6,12H,7-10H2,(H4,26,27,29,30). The molecule has 1 aromatic carbocycles. The van der Waals surface area contributed by atoms with Crippen LogP contribution < -0.4 is 21.3 Å². The molecule has 4 N–H and O–H groups in total. The van der Waals surface area contributed by atoms with Gasteiger partial charge in [-0.1, -0.05) is 18.2 Å². The van der Waals surface area contributed by atoms with Gasteiger partial charge in [0.05, 0.1) is 11.3 Å². The number of pyridine rings is 1. The molecular weight excluding hydrogens is 421 g/mol. The monoisotopic (exact) mass is 440 g/mol. The van der Waals surface area contributed by atoms with Crippen molar-refractivity contribution < 1.29 is 13.2 Å². The number of rotatable bonds is 3. The van der Waals surface area contributed by atoms with Crippen LogP contribution in [0.1, 0.15) is 11.1 Å². The van der Waals surface area contributed by atoms with Crippen molar-refractivity contribution in [2.75, 3.05) is 47.4 Å². The molecule has 3 heterocycles. The van der Waals surface area contributed by atoms with Gasteiger partial charge in [-0.2, -0.15) is 23.4 Å². The fourth-order valence-electron chi connectivity index (χ4n) is 3.67. The van der Waals surface area contributed by atoms with Gasteiger partial charge in [0.15, 0.2) is 0 Å². The fraction of sp³-hybridized carbons (Fsp3) is 0.238. The molecule has 1 saturated heterocycles. The summed E-state index contributed by atoms with van der Waals surface area (Å²) in [7, 11) is 0. The normalized spacial score (nSPS) is 14.3. The van der Waals surface area contributed by atoms with Gasteiger partial charge in [0.25, 0.3) is 0 Å². The van der Waals surface area contributed by atoms with E-state index in [1.54, 1.807) is 0 Å². The number of anilines is 4. The molecule has 8 nitrogen and oxygen atoms in total. The quantitative estimate of drug-likeness (QED) is 0.638. The summed E-state index contributed by atoms with van der Waals surface area (Å²) in [6.07, 6.45) is -3.56. The summed E-state index contributed by atoms with van der Waals surface area (Å²) in [5.74, 6) is 0.488. The number of nitriles is 1. The molecule has 0 bridgehead atoms. The van der Waals surface area contributed by atoms with E-state index in [9.17, 15) is 18.4 Å². The number of benzene rings is 1. The lowest BCUT2D eigenvalue weighted by Gasteiger charge is -2.37. The van der Waals surface area contributed by atoms with Crippen LogP contribution in [0.3, 0.4) is 0 Å². The third-order valence-corrected chi connectivity index (χ3v) is 5.24. The zero-order valence-electron chi connectivity index (χ0n) is 16.8. The molecule has 0 saturated carbocycles. The molecule has 0 amide bonds. The van der Waals surface area contributed by atoms with Gasteiger partial charge in [-0.15, -0.1) is 0 Å². The minimum Gasteiger partial charge on any atom is -0.382 e. The first-order chi connectivity index (χ1) is 15.3. The van der Waals surface area contributed by atoms with Crippen LogP contribution in [0, 0.1) is 11.3 Å². The molecule has 0 aliphatic carbocycles. The van der Waals surface area contributed by atoms with Gasteiger partial charge in [-0.3, -0.25) is 0 Å². The van der Waals surface area contributed by atoms with Gasteiger partial charge in [-0.05, 0) is 18.2 Å². The Kier molecular flexibility index (Phi) is 5.44. The van der Waals surface area contributed by atoms with Crippen LogP contribution in [-0.4, -0.2) is 41.1 Å². The summed E-state index contributed by atoms with van der Waals surface area (Å²) in [5.41, 5.74) is 12.9. The fourth-order valence-corrected chi connectivity index (χ4v) is 3.67. The number of para-hydroxylation sites is 1. The van der Waals surface area contributed by atoms with E-state index in [1.165, 1.54) is 6.07 Å². The summed E-state index contributed by atoms with van der Waals surface area (Å²) in [6.45, 7) is 2.31. The van der Waals surface area contributed by atoms with Crippen molar-refractivity contribution in [1.29, 1.82) is 5.26 Å². The van der Waals surface area contributed by atoms with Gasteiger partial charge < -0.3 is 21.3 Å². The van der Waals surface area contributed by atoms with Crippen LogP contribution in [0.2, 0.25) is 0 Å². The van der Waals surface area contributed by atoms with Crippen molar-refractivity contribution in [3.05, 3.63) is 53.7 Å². The average molecular weight is 440 g/mol. The summed E-state index contributed by atoms with van der Waals surface area (Å²) in [5, 5.41) is 9.53. The minimum atomic E-state index is -4.41. The van der Waals surface area contributed by atoms with E-state index in [0.717, 1.165) is 18.0 Å². The number of alkyl halides is 3. The Labute approximate surface area is 181 Å². The van der Waals surface area contributed by atoms with Crippen LogP contribution in [-0.2, 0) is 6.18 Å². The lowest BCUT2D eigenvalue weighted by molar-refractivity contribution is -0.137. The summed E-state index contributed by atoms with van der Waals surface area (Å²) in [4.78, 5) is 16.1.